The van der Waals surface area contributed by atoms with Crippen molar-refractivity contribution in [2.45, 2.75) is 58.4 Å². The molecule has 0 aliphatic heterocycles. The van der Waals surface area contributed by atoms with E-state index in [0.717, 1.165) is 12.8 Å². The highest BCUT2D eigenvalue weighted by Gasteiger charge is 2.23. The standard InChI is InChI=1S/C15H27NO4/c1-3-19-14(17)9-11-16(13-7-5-6-8-13)12-10-15(18)20-4-2/h13H,3-12H2,1-2H3. The van der Waals surface area contributed by atoms with Crippen LogP contribution in [0.25, 0.3) is 0 Å². The van der Waals surface area contributed by atoms with Crippen LogP contribution in [0.4, 0.5) is 0 Å². The van der Waals surface area contributed by atoms with Gasteiger partial charge in [-0.2, -0.15) is 0 Å². The quantitative estimate of drug-likeness (QED) is 0.607. The Balaban J connectivity index is 2.39. The fourth-order valence-electron chi connectivity index (χ4n) is 2.68. The Labute approximate surface area is 121 Å². The minimum absolute atomic E-state index is 0.161. The number of ether oxygens (including phenoxy) is 2. The van der Waals surface area contributed by atoms with Gasteiger partial charge in [0.25, 0.3) is 0 Å². The zero-order chi connectivity index (χ0) is 14.8. The normalized spacial score (nSPS) is 15.6. The Morgan fingerprint density at radius 2 is 1.40 bits per heavy atom. The third kappa shape index (κ3) is 6.37. The van der Waals surface area contributed by atoms with E-state index in [1.807, 2.05) is 13.8 Å². The highest BCUT2D eigenvalue weighted by atomic mass is 16.5. The van der Waals surface area contributed by atoms with Crippen LogP contribution in [0.2, 0.25) is 0 Å². The van der Waals surface area contributed by atoms with E-state index in [-0.39, 0.29) is 11.9 Å². The molecule has 0 atom stereocenters. The lowest BCUT2D eigenvalue weighted by molar-refractivity contribution is -0.143. The summed E-state index contributed by atoms with van der Waals surface area (Å²) < 4.78 is 9.92. The van der Waals surface area contributed by atoms with Crippen molar-refractivity contribution in [2.75, 3.05) is 26.3 Å². The molecule has 0 heterocycles. The van der Waals surface area contributed by atoms with E-state index >= 15 is 0 Å². The molecule has 1 rings (SSSR count). The van der Waals surface area contributed by atoms with Gasteiger partial charge >= 0.3 is 11.9 Å². The molecular weight excluding hydrogens is 258 g/mol. The summed E-state index contributed by atoms with van der Waals surface area (Å²) >= 11 is 0. The van der Waals surface area contributed by atoms with E-state index in [0.29, 0.717) is 45.2 Å². The van der Waals surface area contributed by atoms with E-state index in [1.54, 1.807) is 0 Å². The Kier molecular flexibility index (Phi) is 8.26. The van der Waals surface area contributed by atoms with Crippen LogP contribution in [-0.2, 0) is 19.1 Å². The molecule has 5 nitrogen and oxygen atoms in total. The average molecular weight is 285 g/mol. The monoisotopic (exact) mass is 285 g/mol. The van der Waals surface area contributed by atoms with Gasteiger partial charge in [-0.25, -0.2) is 0 Å². The summed E-state index contributed by atoms with van der Waals surface area (Å²) in [4.78, 5) is 25.2. The van der Waals surface area contributed by atoms with Crippen LogP contribution in [0.1, 0.15) is 52.4 Å². The lowest BCUT2D eigenvalue weighted by Gasteiger charge is -2.28. The fraction of sp³-hybridized carbons (Fsp3) is 0.867. The molecule has 5 heteroatoms. The molecule has 116 valence electrons. The molecule has 0 aromatic carbocycles. The number of esters is 2. The van der Waals surface area contributed by atoms with Crippen LogP contribution in [-0.4, -0.2) is 49.2 Å². The van der Waals surface area contributed by atoms with Crippen molar-refractivity contribution in [2.24, 2.45) is 0 Å². The van der Waals surface area contributed by atoms with Gasteiger partial charge in [0.15, 0.2) is 0 Å². The zero-order valence-corrected chi connectivity index (χ0v) is 12.7. The van der Waals surface area contributed by atoms with Crippen molar-refractivity contribution < 1.29 is 19.1 Å². The number of carbonyl (C=O) groups is 2. The van der Waals surface area contributed by atoms with Crippen molar-refractivity contribution in [1.29, 1.82) is 0 Å². The van der Waals surface area contributed by atoms with Crippen molar-refractivity contribution in [3.63, 3.8) is 0 Å². The predicted molar refractivity (Wildman–Crippen MR) is 76.3 cm³/mol. The molecule has 20 heavy (non-hydrogen) atoms. The molecular formula is C15H27NO4. The summed E-state index contributed by atoms with van der Waals surface area (Å²) in [6, 6.07) is 0.499. The van der Waals surface area contributed by atoms with Crippen molar-refractivity contribution in [3.05, 3.63) is 0 Å². The largest absolute Gasteiger partial charge is 0.466 e. The van der Waals surface area contributed by atoms with Gasteiger partial charge in [-0.05, 0) is 26.7 Å². The Morgan fingerprint density at radius 3 is 1.80 bits per heavy atom. The molecule has 1 saturated carbocycles. The van der Waals surface area contributed by atoms with Crippen molar-refractivity contribution >= 4 is 11.9 Å². The van der Waals surface area contributed by atoms with Crippen molar-refractivity contribution in [3.8, 4) is 0 Å². The molecule has 0 aromatic heterocycles. The van der Waals surface area contributed by atoms with E-state index in [2.05, 4.69) is 4.90 Å². The first kappa shape index (κ1) is 17.0. The molecule has 0 radical (unpaired) electrons. The average Bonchev–Trinajstić information content (AvgIpc) is 2.93. The van der Waals surface area contributed by atoms with Crippen LogP contribution >= 0.6 is 0 Å². The highest BCUT2D eigenvalue weighted by molar-refractivity contribution is 5.70. The Morgan fingerprint density at radius 1 is 0.950 bits per heavy atom. The second-order valence-corrected chi connectivity index (χ2v) is 5.08. The summed E-state index contributed by atoms with van der Waals surface area (Å²) in [5.74, 6) is -0.321. The van der Waals surface area contributed by atoms with E-state index in [1.165, 1.54) is 12.8 Å². The number of carbonyl (C=O) groups excluding carboxylic acids is 2. The van der Waals surface area contributed by atoms with E-state index in [4.69, 9.17) is 9.47 Å². The van der Waals surface area contributed by atoms with Crippen LogP contribution in [0.15, 0.2) is 0 Å². The topological polar surface area (TPSA) is 55.8 Å². The first-order chi connectivity index (χ1) is 9.67. The lowest BCUT2D eigenvalue weighted by atomic mass is 10.2. The predicted octanol–water partition coefficient (Wildman–Crippen LogP) is 2.14. The first-order valence-electron chi connectivity index (χ1n) is 7.72. The molecule has 0 amide bonds. The first-order valence-corrected chi connectivity index (χ1v) is 7.72. The molecule has 0 bridgehead atoms. The van der Waals surface area contributed by atoms with E-state index < -0.39 is 0 Å². The van der Waals surface area contributed by atoms with Crippen LogP contribution in [0.5, 0.6) is 0 Å². The SMILES string of the molecule is CCOC(=O)CCN(CCC(=O)OCC)C1CCCC1. The maximum Gasteiger partial charge on any atom is 0.307 e. The summed E-state index contributed by atoms with van der Waals surface area (Å²) in [5, 5.41) is 0. The molecule has 0 N–H and O–H groups in total. The molecule has 1 fully saturated rings. The molecule has 0 aromatic rings. The maximum absolute atomic E-state index is 11.5. The summed E-state index contributed by atoms with van der Waals surface area (Å²) in [6.07, 6.45) is 5.58. The Hall–Kier alpha value is -1.10. The summed E-state index contributed by atoms with van der Waals surface area (Å²) in [6.45, 7) is 5.81. The lowest BCUT2D eigenvalue weighted by Crippen LogP contribution is -2.37. The molecule has 0 spiro atoms. The summed E-state index contributed by atoms with van der Waals surface area (Å²) in [7, 11) is 0. The molecule has 1 aliphatic rings. The number of rotatable bonds is 9. The van der Waals surface area contributed by atoms with Gasteiger partial charge in [0.2, 0.25) is 0 Å². The number of hydrogen-bond donors (Lipinski definition) is 0. The molecule has 0 unspecified atom stereocenters. The van der Waals surface area contributed by atoms with Gasteiger partial charge in [0.05, 0.1) is 26.1 Å². The van der Waals surface area contributed by atoms with Crippen LogP contribution < -0.4 is 0 Å². The van der Waals surface area contributed by atoms with E-state index in [9.17, 15) is 9.59 Å². The third-order valence-electron chi connectivity index (χ3n) is 3.66. The van der Waals surface area contributed by atoms with Gasteiger partial charge in [0, 0.05) is 19.1 Å². The van der Waals surface area contributed by atoms with Gasteiger partial charge < -0.3 is 9.47 Å². The second kappa shape index (κ2) is 9.75. The number of hydrogen-bond acceptors (Lipinski definition) is 5. The van der Waals surface area contributed by atoms with Gasteiger partial charge in [-0.15, -0.1) is 0 Å². The second-order valence-electron chi connectivity index (χ2n) is 5.08. The third-order valence-corrected chi connectivity index (χ3v) is 3.66. The van der Waals surface area contributed by atoms with Gasteiger partial charge in [-0.3, -0.25) is 14.5 Å². The van der Waals surface area contributed by atoms with Gasteiger partial charge in [0.1, 0.15) is 0 Å². The van der Waals surface area contributed by atoms with Crippen LogP contribution in [0.3, 0.4) is 0 Å². The minimum atomic E-state index is -0.161. The van der Waals surface area contributed by atoms with Gasteiger partial charge in [-0.1, -0.05) is 12.8 Å². The number of nitrogens with zero attached hydrogens (tertiary/aromatic N) is 1. The highest BCUT2D eigenvalue weighted by Crippen LogP contribution is 2.23. The van der Waals surface area contributed by atoms with Crippen LogP contribution in [0, 0.1) is 0 Å². The Bertz CT molecular complexity index is 278. The minimum Gasteiger partial charge on any atom is -0.466 e. The fourth-order valence-corrected chi connectivity index (χ4v) is 2.68. The van der Waals surface area contributed by atoms with Crippen molar-refractivity contribution in [1.82, 2.24) is 4.90 Å². The zero-order valence-electron chi connectivity index (χ0n) is 12.7. The molecule has 0 saturated heterocycles. The summed E-state index contributed by atoms with van der Waals surface area (Å²) in [5.41, 5.74) is 0. The smallest absolute Gasteiger partial charge is 0.307 e. The molecule has 1 aliphatic carbocycles. The maximum atomic E-state index is 11.5.